The van der Waals surface area contributed by atoms with Crippen LogP contribution in [0, 0.1) is 0 Å². The Bertz CT molecular complexity index is 509. The van der Waals surface area contributed by atoms with Crippen LogP contribution in [0.5, 0.6) is 5.75 Å². The molecule has 0 aromatic heterocycles. The number of anilines is 1. The van der Waals surface area contributed by atoms with Gasteiger partial charge < -0.3 is 9.84 Å². The first-order valence-corrected chi connectivity index (χ1v) is 6.12. The smallest absolute Gasteiger partial charge is 0.337 e. The van der Waals surface area contributed by atoms with E-state index in [4.69, 9.17) is 9.84 Å². The topological polar surface area (TPSA) is 92.7 Å². The van der Waals surface area contributed by atoms with Crippen molar-refractivity contribution < 1.29 is 23.1 Å². The van der Waals surface area contributed by atoms with Crippen LogP contribution in [0.3, 0.4) is 0 Å². The van der Waals surface area contributed by atoms with E-state index in [0.717, 1.165) is 6.26 Å². The van der Waals surface area contributed by atoms with Gasteiger partial charge in [-0.25, -0.2) is 13.2 Å². The predicted octanol–water partition coefficient (Wildman–Crippen LogP) is 0.765. The van der Waals surface area contributed by atoms with Crippen LogP contribution >= 0.6 is 0 Å². The number of aromatic carboxylic acids is 1. The van der Waals surface area contributed by atoms with Gasteiger partial charge in [-0.05, 0) is 12.1 Å². The van der Waals surface area contributed by atoms with Crippen molar-refractivity contribution in [3.05, 3.63) is 23.8 Å². The van der Waals surface area contributed by atoms with Crippen LogP contribution in [0.25, 0.3) is 0 Å². The maximum absolute atomic E-state index is 11.0. The van der Waals surface area contributed by atoms with Gasteiger partial charge in [0.1, 0.15) is 5.75 Å². The lowest BCUT2D eigenvalue weighted by Crippen LogP contribution is -2.13. The van der Waals surface area contributed by atoms with Crippen molar-refractivity contribution in [1.82, 2.24) is 0 Å². The van der Waals surface area contributed by atoms with Gasteiger partial charge in [0.2, 0.25) is 10.0 Å². The standard InChI is InChI=1S/C9H11NO5S/c1-15-6-3-4-7(9(11)12)8(5-6)10-16(2,13)14/h3-5,10H,1-2H3,(H,11,12). The molecule has 0 aliphatic carbocycles. The summed E-state index contributed by atoms with van der Waals surface area (Å²) >= 11 is 0. The molecule has 0 amide bonds. The highest BCUT2D eigenvalue weighted by Crippen LogP contribution is 2.23. The Morgan fingerprint density at radius 3 is 2.50 bits per heavy atom. The van der Waals surface area contributed by atoms with Gasteiger partial charge in [0.25, 0.3) is 0 Å². The molecular weight excluding hydrogens is 234 g/mol. The van der Waals surface area contributed by atoms with Gasteiger partial charge in [0, 0.05) is 6.07 Å². The molecule has 1 aromatic rings. The van der Waals surface area contributed by atoms with Crippen molar-refractivity contribution in [2.75, 3.05) is 18.1 Å². The summed E-state index contributed by atoms with van der Waals surface area (Å²) in [6.45, 7) is 0. The van der Waals surface area contributed by atoms with E-state index in [1.807, 2.05) is 0 Å². The van der Waals surface area contributed by atoms with Gasteiger partial charge in [-0.2, -0.15) is 0 Å². The first kappa shape index (κ1) is 12.3. The second-order valence-electron chi connectivity index (χ2n) is 3.09. The molecule has 0 saturated carbocycles. The van der Waals surface area contributed by atoms with E-state index in [1.54, 1.807) is 0 Å². The highest BCUT2D eigenvalue weighted by molar-refractivity contribution is 7.92. The van der Waals surface area contributed by atoms with Gasteiger partial charge in [-0.3, -0.25) is 4.72 Å². The molecule has 0 atom stereocenters. The number of benzene rings is 1. The summed E-state index contributed by atoms with van der Waals surface area (Å²) in [5.74, 6) is -0.843. The summed E-state index contributed by atoms with van der Waals surface area (Å²) < 4.78 is 29.1. The number of carboxylic acid groups (broad SMARTS) is 1. The molecule has 0 bridgehead atoms. The average Bonchev–Trinajstić information content (AvgIpc) is 2.14. The average molecular weight is 245 g/mol. The number of carboxylic acids is 1. The van der Waals surface area contributed by atoms with E-state index >= 15 is 0 Å². The van der Waals surface area contributed by atoms with Gasteiger partial charge in [0.15, 0.2) is 0 Å². The first-order valence-electron chi connectivity index (χ1n) is 4.22. The lowest BCUT2D eigenvalue weighted by atomic mass is 10.2. The Hall–Kier alpha value is -1.76. The summed E-state index contributed by atoms with van der Waals surface area (Å²) in [5, 5.41) is 8.85. The summed E-state index contributed by atoms with van der Waals surface area (Å²) in [6, 6.07) is 4.02. The van der Waals surface area contributed by atoms with Crippen LogP contribution < -0.4 is 9.46 Å². The Morgan fingerprint density at radius 2 is 2.06 bits per heavy atom. The third kappa shape index (κ3) is 3.13. The van der Waals surface area contributed by atoms with E-state index < -0.39 is 16.0 Å². The minimum Gasteiger partial charge on any atom is -0.497 e. The zero-order valence-corrected chi connectivity index (χ0v) is 9.54. The highest BCUT2D eigenvalue weighted by atomic mass is 32.2. The Labute approximate surface area is 92.9 Å². The van der Waals surface area contributed by atoms with Crippen LogP contribution in [-0.2, 0) is 10.0 Å². The summed E-state index contributed by atoms with van der Waals surface area (Å²) in [6.07, 6.45) is 0.943. The van der Waals surface area contributed by atoms with E-state index in [2.05, 4.69) is 4.72 Å². The molecular formula is C9H11NO5S. The molecule has 7 heteroatoms. The van der Waals surface area contributed by atoms with Crippen LogP contribution in [-0.4, -0.2) is 32.9 Å². The molecule has 88 valence electrons. The molecule has 0 spiro atoms. The summed E-state index contributed by atoms with van der Waals surface area (Å²) in [5.41, 5.74) is -0.152. The summed E-state index contributed by atoms with van der Waals surface area (Å²) in [4.78, 5) is 10.8. The van der Waals surface area contributed by atoms with Crippen LogP contribution in [0.2, 0.25) is 0 Å². The summed E-state index contributed by atoms with van der Waals surface area (Å²) in [7, 11) is -2.12. The number of methoxy groups -OCH3 is 1. The Kier molecular flexibility index (Phi) is 3.38. The number of hydrogen-bond donors (Lipinski definition) is 2. The molecule has 0 heterocycles. The number of rotatable bonds is 4. The van der Waals surface area contributed by atoms with Crippen molar-refractivity contribution in [2.24, 2.45) is 0 Å². The van der Waals surface area contributed by atoms with Crippen molar-refractivity contribution in [1.29, 1.82) is 0 Å². The molecule has 16 heavy (non-hydrogen) atoms. The van der Waals surface area contributed by atoms with Crippen LogP contribution in [0.4, 0.5) is 5.69 Å². The SMILES string of the molecule is COc1ccc(C(=O)O)c(NS(C)(=O)=O)c1. The molecule has 1 rings (SSSR count). The molecule has 0 unspecified atom stereocenters. The number of nitrogens with one attached hydrogen (secondary N) is 1. The minimum atomic E-state index is -3.53. The molecule has 0 radical (unpaired) electrons. The monoisotopic (exact) mass is 245 g/mol. The fourth-order valence-electron chi connectivity index (χ4n) is 1.12. The van der Waals surface area contributed by atoms with Crippen molar-refractivity contribution in [2.45, 2.75) is 0 Å². The third-order valence-corrected chi connectivity index (χ3v) is 2.34. The lowest BCUT2D eigenvalue weighted by molar-refractivity contribution is 0.0698. The largest absolute Gasteiger partial charge is 0.497 e. The lowest BCUT2D eigenvalue weighted by Gasteiger charge is -2.09. The van der Waals surface area contributed by atoms with Crippen LogP contribution in [0.1, 0.15) is 10.4 Å². The van der Waals surface area contributed by atoms with E-state index in [-0.39, 0.29) is 11.3 Å². The van der Waals surface area contributed by atoms with Gasteiger partial charge >= 0.3 is 5.97 Å². The maximum atomic E-state index is 11.0. The predicted molar refractivity (Wildman–Crippen MR) is 58.4 cm³/mol. The van der Waals surface area contributed by atoms with Crippen molar-refractivity contribution in [3.8, 4) is 5.75 Å². The number of ether oxygens (including phenoxy) is 1. The normalized spacial score (nSPS) is 10.9. The number of carbonyl (C=O) groups is 1. The molecule has 0 aliphatic rings. The van der Waals surface area contributed by atoms with Crippen molar-refractivity contribution >= 4 is 21.7 Å². The molecule has 0 saturated heterocycles. The second-order valence-corrected chi connectivity index (χ2v) is 4.84. The maximum Gasteiger partial charge on any atom is 0.337 e. The zero-order valence-electron chi connectivity index (χ0n) is 8.72. The number of sulfonamides is 1. The molecule has 0 fully saturated rings. The van der Waals surface area contributed by atoms with Gasteiger partial charge in [-0.15, -0.1) is 0 Å². The Morgan fingerprint density at radius 1 is 1.44 bits per heavy atom. The minimum absolute atomic E-state index is 0.0191. The Balaban J connectivity index is 3.26. The quantitative estimate of drug-likeness (QED) is 0.817. The third-order valence-electron chi connectivity index (χ3n) is 1.75. The number of hydrogen-bond acceptors (Lipinski definition) is 4. The van der Waals surface area contributed by atoms with Gasteiger partial charge in [0.05, 0.1) is 24.6 Å². The molecule has 2 N–H and O–H groups in total. The molecule has 1 aromatic carbocycles. The van der Waals surface area contributed by atoms with Crippen molar-refractivity contribution in [3.63, 3.8) is 0 Å². The van der Waals surface area contributed by atoms with Crippen LogP contribution in [0.15, 0.2) is 18.2 Å². The van der Waals surface area contributed by atoms with E-state index in [0.29, 0.717) is 5.75 Å². The van der Waals surface area contributed by atoms with E-state index in [1.165, 1.54) is 25.3 Å². The fraction of sp³-hybridized carbons (Fsp3) is 0.222. The fourth-order valence-corrected chi connectivity index (χ4v) is 1.69. The van der Waals surface area contributed by atoms with E-state index in [9.17, 15) is 13.2 Å². The first-order chi connectivity index (χ1) is 7.33. The second kappa shape index (κ2) is 4.40. The molecule has 0 aliphatic heterocycles. The highest BCUT2D eigenvalue weighted by Gasteiger charge is 2.13. The zero-order chi connectivity index (χ0) is 12.3. The van der Waals surface area contributed by atoms with Gasteiger partial charge in [-0.1, -0.05) is 0 Å². The molecule has 6 nitrogen and oxygen atoms in total.